The van der Waals surface area contributed by atoms with Crippen LogP contribution in [0.5, 0.6) is 0 Å². The third-order valence-corrected chi connectivity index (χ3v) is 3.26. The van der Waals surface area contributed by atoms with Gasteiger partial charge in [-0.1, -0.05) is 6.92 Å². The van der Waals surface area contributed by atoms with Gasteiger partial charge >= 0.3 is 0 Å². The van der Waals surface area contributed by atoms with Gasteiger partial charge in [-0.3, -0.25) is 0 Å². The number of nitrogens with zero attached hydrogens (tertiary/aromatic N) is 3. The first-order valence-electron chi connectivity index (χ1n) is 6.85. The summed E-state index contributed by atoms with van der Waals surface area (Å²) in [6.45, 7) is 7.13. The summed E-state index contributed by atoms with van der Waals surface area (Å²) in [5, 5.41) is 12.5. The standard InChI is InChI=1S/C13H22N4O2/c1-3-11-12(14-4-2)15-9-16-13(11)17-5-6-19-10(7-17)8-18/h9-10,18H,3-8H2,1-2H3,(H,14,15,16). The number of aliphatic hydroxyl groups excluding tert-OH is 1. The number of anilines is 2. The number of hydrogen-bond donors (Lipinski definition) is 2. The average Bonchev–Trinajstić information content (AvgIpc) is 2.47. The van der Waals surface area contributed by atoms with Gasteiger partial charge in [0.15, 0.2) is 0 Å². The minimum Gasteiger partial charge on any atom is -0.394 e. The molecule has 19 heavy (non-hydrogen) atoms. The zero-order valence-corrected chi connectivity index (χ0v) is 11.6. The Morgan fingerprint density at radius 2 is 2.32 bits per heavy atom. The van der Waals surface area contributed by atoms with Gasteiger partial charge in [0.2, 0.25) is 0 Å². The summed E-state index contributed by atoms with van der Waals surface area (Å²) in [7, 11) is 0. The molecule has 106 valence electrons. The van der Waals surface area contributed by atoms with Crippen LogP contribution < -0.4 is 10.2 Å². The zero-order valence-electron chi connectivity index (χ0n) is 11.6. The summed E-state index contributed by atoms with van der Waals surface area (Å²) >= 11 is 0. The fourth-order valence-electron chi connectivity index (χ4n) is 2.34. The van der Waals surface area contributed by atoms with Gasteiger partial charge in [0.05, 0.1) is 19.3 Å². The number of hydrogen-bond acceptors (Lipinski definition) is 6. The molecule has 0 saturated carbocycles. The number of nitrogens with one attached hydrogen (secondary N) is 1. The summed E-state index contributed by atoms with van der Waals surface area (Å²) in [5.41, 5.74) is 1.13. The second-order valence-electron chi connectivity index (χ2n) is 4.53. The molecule has 0 aliphatic carbocycles. The summed E-state index contributed by atoms with van der Waals surface area (Å²) in [4.78, 5) is 10.9. The van der Waals surface area contributed by atoms with Crippen molar-refractivity contribution in [3.05, 3.63) is 11.9 Å². The highest BCUT2D eigenvalue weighted by Crippen LogP contribution is 2.25. The smallest absolute Gasteiger partial charge is 0.137 e. The molecule has 2 N–H and O–H groups in total. The predicted octanol–water partition coefficient (Wildman–Crippen LogP) is 0.668. The Bertz CT molecular complexity index is 414. The van der Waals surface area contributed by atoms with E-state index in [4.69, 9.17) is 4.74 Å². The molecule has 6 nitrogen and oxygen atoms in total. The average molecular weight is 266 g/mol. The molecule has 2 heterocycles. The minimum atomic E-state index is -0.129. The van der Waals surface area contributed by atoms with E-state index in [1.54, 1.807) is 6.33 Å². The van der Waals surface area contributed by atoms with Crippen LogP contribution in [0.3, 0.4) is 0 Å². The normalized spacial score (nSPS) is 19.5. The second-order valence-corrected chi connectivity index (χ2v) is 4.53. The molecule has 1 aliphatic rings. The van der Waals surface area contributed by atoms with Crippen molar-refractivity contribution in [2.24, 2.45) is 0 Å². The highest BCUT2D eigenvalue weighted by Gasteiger charge is 2.23. The van der Waals surface area contributed by atoms with Crippen LogP contribution >= 0.6 is 0 Å². The van der Waals surface area contributed by atoms with E-state index in [2.05, 4.69) is 34.0 Å². The lowest BCUT2D eigenvalue weighted by Crippen LogP contribution is -2.44. The number of ether oxygens (including phenoxy) is 1. The molecule has 1 aliphatic heterocycles. The molecule has 0 radical (unpaired) electrons. The minimum absolute atomic E-state index is 0.0448. The van der Waals surface area contributed by atoms with Gasteiger partial charge in [0.1, 0.15) is 18.0 Å². The molecule has 1 aromatic heterocycles. The van der Waals surface area contributed by atoms with Gasteiger partial charge < -0.3 is 20.1 Å². The van der Waals surface area contributed by atoms with Gasteiger partial charge in [-0.05, 0) is 13.3 Å². The van der Waals surface area contributed by atoms with E-state index < -0.39 is 0 Å². The molecule has 2 rings (SSSR count). The lowest BCUT2D eigenvalue weighted by atomic mass is 10.2. The monoisotopic (exact) mass is 266 g/mol. The maximum absolute atomic E-state index is 9.22. The third-order valence-electron chi connectivity index (χ3n) is 3.26. The maximum atomic E-state index is 9.22. The summed E-state index contributed by atoms with van der Waals surface area (Å²) < 4.78 is 5.48. The Labute approximate surface area is 113 Å². The largest absolute Gasteiger partial charge is 0.394 e. The molecule has 0 aromatic carbocycles. The second kappa shape index (κ2) is 6.68. The maximum Gasteiger partial charge on any atom is 0.137 e. The summed E-state index contributed by atoms with van der Waals surface area (Å²) in [5.74, 6) is 1.86. The summed E-state index contributed by atoms with van der Waals surface area (Å²) in [6, 6.07) is 0. The highest BCUT2D eigenvalue weighted by atomic mass is 16.5. The first-order chi connectivity index (χ1) is 9.30. The molecule has 1 fully saturated rings. The predicted molar refractivity (Wildman–Crippen MR) is 74.6 cm³/mol. The first-order valence-corrected chi connectivity index (χ1v) is 6.85. The van der Waals surface area contributed by atoms with E-state index in [9.17, 15) is 5.11 Å². The van der Waals surface area contributed by atoms with Crippen LogP contribution in [0, 0.1) is 0 Å². The van der Waals surface area contributed by atoms with Gasteiger partial charge in [-0.25, -0.2) is 9.97 Å². The van der Waals surface area contributed by atoms with E-state index in [1.807, 2.05) is 0 Å². The number of aromatic nitrogens is 2. The SMILES string of the molecule is CCNc1ncnc(N2CCOC(CO)C2)c1CC. The Morgan fingerprint density at radius 3 is 3.00 bits per heavy atom. The van der Waals surface area contributed by atoms with Crippen molar-refractivity contribution in [2.45, 2.75) is 26.4 Å². The van der Waals surface area contributed by atoms with Gasteiger partial charge in [0.25, 0.3) is 0 Å². The van der Waals surface area contributed by atoms with Crippen molar-refractivity contribution in [3.8, 4) is 0 Å². The van der Waals surface area contributed by atoms with Crippen LogP contribution in [0.2, 0.25) is 0 Å². The topological polar surface area (TPSA) is 70.5 Å². The molecule has 1 unspecified atom stereocenters. The quantitative estimate of drug-likeness (QED) is 0.816. The van der Waals surface area contributed by atoms with Crippen LogP contribution in [-0.4, -0.2) is 54.0 Å². The molecule has 6 heteroatoms. The van der Waals surface area contributed by atoms with E-state index in [-0.39, 0.29) is 12.7 Å². The molecular formula is C13H22N4O2. The van der Waals surface area contributed by atoms with Gasteiger partial charge in [-0.2, -0.15) is 0 Å². The van der Waals surface area contributed by atoms with Crippen molar-refractivity contribution in [1.29, 1.82) is 0 Å². The van der Waals surface area contributed by atoms with Crippen LogP contribution in [0.1, 0.15) is 19.4 Å². The van der Waals surface area contributed by atoms with Crippen molar-refractivity contribution >= 4 is 11.6 Å². The van der Waals surface area contributed by atoms with Crippen LogP contribution in [-0.2, 0) is 11.2 Å². The molecule has 1 aromatic rings. The zero-order chi connectivity index (χ0) is 13.7. The number of morpholine rings is 1. The van der Waals surface area contributed by atoms with E-state index >= 15 is 0 Å². The van der Waals surface area contributed by atoms with Crippen LogP contribution in [0.15, 0.2) is 6.33 Å². The van der Waals surface area contributed by atoms with E-state index in [0.29, 0.717) is 13.2 Å². The molecule has 0 amide bonds. The third kappa shape index (κ3) is 3.13. The lowest BCUT2D eigenvalue weighted by Gasteiger charge is -2.34. The van der Waals surface area contributed by atoms with Gasteiger partial charge in [0, 0.05) is 25.2 Å². The molecule has 0 bridgehead atoms. The Kier molecular flexibility index (Phi) is 4.93. The molecule has 0 spiro atoms. The molecular weight excluding hydrogens is 244 g/mol. The number of aliphatic hydroxyl groups is 1. The fraction of sp³-hybridized carbons (Fsp3) is 0.692. The van der Waals surface area contributed by atoms with E-state index in [1.165, 1.54) is 0 Å². The van der Waals surface area contributed by atoms with E-state index in [0.717, 1.165) is 36.7 Å². The highest BCUT2D eigenvalue weighted by molar-refractivity contribution is 5.59. The molecule has 1 saturated heterocycles. The Balaban J connectivity index is 2.25. The molecule has 1 atom stereocenters. The fourth-order valence-corrected chi connectivity index (χ4v) is 2.34. The van der Waals surface area contributed by atoms with Crippen molar-refractivity contribution in [1.82, 2.24) is 9.97 Å². The van der Waals surface area contributed by atoms with Crippen LogP contribution in [0.25, 0.3) is 0 Å². The van der Waals surface area contributed by atoms with Crippen LogP contribution in [0.4, 0.5) is 11.6 Å². The van der Waals surface area contributed by atoms with Crippen molar-refractivity contribution in [3.63, 3.8) is 0 Å². The Morgan fingerprint density at radius 1 is 1.47 bits per heavy atom. The summed E-state index contributed by atoms with van der Waals surface area (Å²) in [6.07, 6.45) is 2.34. The first kappa shape index (κ1) is 14.0. The number of rotatable bonds is 5. The lowest BCUT2D eigenvalue weighted by molar-refractivity contribution is 0.00332. The van der Waals surface area contributed by atoms with Gasteiger partial charge in [-0.15, -0.1) is 0 Å². The van der Waals surface area contributed by atoms with Crippen molar-refractivity contribution < 1.29 is 9.84 Å². The Hall–Kier alpha value is -1.40. The van der Waals surface area contributed by atoms with Crippen molar-refractivity contribution in [2.75, 3.05) is 43.1 Å².